The standard InChI is InChI=1S/C26H42O2Si2/c1-20(21-14-12-16-23(18-21)27-29(8,9)25(2,3)4)22-15-13-17-24(19-22)28-30(10,11)26(5,6)7/h12-20H,1-11H3. The van der Waals surface area contributed by atoms with E-state index in [9.17, 15) is 0 Å². The molecule has 0 aliphatic rings. The van der Waals surface area contributed by atoms with Crippen LogP contribution < -0.4 is 8.85 Å². The molecule has 0 spiro atoms. The van der Waals surface area contributed by atoms with Crippen molar-refractivity contribution in [3.63, 3.8) is 0 Å². The van der Waals surface area contributed by atoms with E-state index in [1.165, 1.54) is 11.1 Å². The van der Waals surface area contributed by atoms with Crippen molar-refractivity contribution in [1.82, 2.24) is 0 Å². The second-order valence-corrected chi connectivity index (χ2v) is 21.0. The predicted molar refractivity (Wildman–Crippen MR) is 136 cm³/mol. The fourth-order valence-corrected chi connectivity index (χ4v) is 4.83. The van der Waals surface area contributed by atoms with E-state index in [1.807, 2.05) is 0 Å². The van der Waals surface area contributed by atoms with Gasteiger partial charge in [0.05, 0.1) is 0 Å². The molecule has 0 atom stereocenters. The molecule has 0 saturated heterocycles. The zero-order valence-electron chi connectivity index (χ0n) is 21.0. The van der Waals surface area contributed by atoms with E-state index in [-0.39, 0.29) is 16.0 Å². The van der Waals surface area contributed by atoms with Crippen molar-refractivity contribution in [1.29, 1.82) is 0 Å². The predicted octanol–water partition coefficient (Wildman–Crippen LogP) is 8.61. The van der Waals surface area contributed by atoms with Crippen molar-refractivity contribution >= 4 is 16.6 Å². The third-order valence-electron chi connectivity index (χ3n) is 7.07. The van der Waals surface area contributed by atoms with Crippen LogP contribution in [-0.2, 0) is 0 Å². The molecule has 2 rings (SSSR count). The Hall–Kier alpha value is -1.53. The fourth-order valence-electron chi connectivity index (χ4n) is 2.78. The molecular weight excluding hydrogens is 400 g/mol. The van der Waals surface area contributed by atoms with E-state index in [4.69, 9.17) is 8.85 Å². The number of benzene rings is 2. The molecule has 30 heavy (non-hydrogen) atoms. The van der Waals surface area contributed by atoms with E-state index < -0.39 is 16.6 Å². The smallest absolute Gasteiger partial charge is 0.250 e. The van der Waals surface area contributed by atoms with Crippen molar-refractivity contribution in [2.24, 2.45) is 0 Å². The molecule has 4 heteroatoms. The largest absolute Gasteiger partial charge is 0.543 e. The second kappa shape index (κ2) is 8.54. The van der Waals surface area contributed by atoms with Crippen LogP contribution in [0.2, 0.25) is 36.3 Å². The third-order valence-corrected chi connectivity index (χ3v) is 15.8. The number of rotatable bonds is 6. The van der Waals surface area contributed by atoms with Gasteiger partial charge in [0, 0.05) is 5.92 Å². The van der Waals surface area contributed by atoms with E-state index in [0.29, 0.717) is 0 Å². The van der Waals surface area contributed by atoms with Crippen LogP contribution >= 0.6 is 0 Å². The molecule has 2 aromatic carbocycles. The summed E-state index contributed by atoms with van der Waals surface area (Å²) in [6.45, 7) is 25.1. The first-order chi connectivity index (χ1) is 13.5. The maximum absolute atomic E-state index is 6.54. The first kappa shape index (κ1) is 24.7. The van der Waals surface area contributed by atoms with Gasteiger partial charge in [-0.05, 0) is 71.7 Å². The van der Waals surface area contributed by atoms with Crippen molar-refractivity contribution in [3.8, 4) is 11.5 Å². The summed E-state index contributed by atoms with van der Waals surface area (Å²) >= 11 is 0. The third kappa shape index (κ3) is 5.79. The molecule has 0 saturated carbocycles. The quantitative estimate of drug-likeness (QED) is 0.417. The van der Waals surface area contributed by atoms with Crippen molar-refractivity contribution < 1.29 is 8.85 Å². The van der Waals surface area contributed by atoms with Gasteiger partial charge in [0.1, 0.15) is 11.5 Å². The highest BCUT2D eigenvalue weighted by Crippen LogP contribution is 2.39. The Bertz CT molecular complexity index is 786. The van der Waals surface area contributed by atoms with Crippen LogP contribution in [0.3, 0.4) is 0 Å². The van der Waals surface area contributed by atoms with Crippen LogP contribution in [0.1, 0.15) is 65.5 Å². The van der Waals surface area contributed by atoms with E-state index in [2.05, 4.69) is 123 Å². The fraction of sp³-hybridized carbons (Fsp3) is 0.538. The summed E-state index contributed by atoms with van der Waals surface area (Å²) in [6, 6.07) is 17.2. The summed E-state index contributed by atoms with van der Waals surface area (Å²) in [5.41, 5.74) is 2.55. The van der Waals surface area contributed by atoms with Crippen LogP contribution in [0.15, 0.2) is 48.5 Å². The van der Waals surface area contributed by atoms with Crippen molar-refractivity contribution in [2.45, 2.75) is 90.6 Å². The molecule has 0 fully saturated rings. The lowest BCUT2D eigenvalue weighted by Gasteiger charge is -2.36. The minimum Gasteiger partial charge on any atom is -0.543 e. The summed E-state index contributed by atoms with van der Waals surface area (Å²) in [4.78, 5) is 0. The molecule has 0 bridgehead atoms. The zero-order chi connectivity index (χ0) is 23.0. The molecule has 0 aliphatic carbocycles. The first-order valence-electron chi connectivity index (χ1n) is 11.1. The molecule has 0 amide bonds. The van der Waals surface area contributed by atoms with Crippen LogP contribution in [0, 0.1) is 0 Å². The van der Waals surface area contributed by atoms with Crippen LogP contribution in [0.5, 0.6) is 11.5 Å². The molecule has 0 aliphatic heterocycles. The maximum Gasteiger partial charge on any atom is 0.250 e. The highest BCUT2D eigenvalue weighted by molar-refractivity contribution is 6.75. The second-order valence-electron chi connectivity index (χ2n) is 11.6. The Morgan fingerprint density at radius 1 is 0.633 bits per heavy atom. The van der Waals surface area contributed by atoms with E-state index in [0.717, 1.165) is 11.5 Å². The van der Waals surface area contributed by atoms with Gasteiger partial charge in [0.25, 0.3) is 0 Å². The molecule has 0 unspecified atom stereocenters. The number of hydrogen-bond donors (Lipinski definition) is 0. The SMILES string of the molecule is CC(c1cccc(O[Si](C)(C)C(C)(C)C)c1)c1cccc(O[Si](C)(C)C(C)(C)C)c1. The minimum absolute atomic E-state index is 0.185. The van der Waals surface area contributed by atoms with Gasteiger partial charge in [-0.3, -0.25) is 0 Å². The normalized spacial score (nSPS) is 13.5. The molecule has 0 aromatic heterocycles. The summed E-state index contributed by atoms with van der Waals surface area (Å²) in [6.07, 6.45) is 0. The van der Waals surface area contributed by atoms with E-state index >= 15 is 0 Å². The average Bonchev–Trinajstić information content (AvgIpc) is 2.59. The van der Waals surface area contributed by atoms with Gasteiger partial charge in [-0.25, -0.2) is 0 Å². The minimum atomic E-state index is -1.85. The lowest BCUT2D eigenvalue weighted by molar-refractivity contribution is 0.490. The molecule has 0 radical (unpaired) electrons. The van der Waals surface area contributed by atoms with Crippen LogP contribution in [0.4, 0.5) is 0 Å². The maximum atomic E-state index is 6.54. The van der Waals surface area contributed by atoms with Crippen LogP contribution in [0.25, 0.3) is 0 Å². The van der Waals surface area contributed by atoms with Gasteiger partial charge >= 0.3 is 0 Å². The number of hydrogen-bond acceptors (Lipinski definition) is 2. The summed E-state index contributed by atoms with van der Waals surface area (Å²) in [7, 11) is -3.70. The Morgan fingerprint density at radius 3 is 1.27 bits per heavy atom. The lowest BCUT2D eigenvalue weighted by Crippen LogP contribution is -2.43. The Morgan fingerprint density at radius 2 is 0.967 bits per heavy atom. The van der Waals surface area contributed by atoms with Gasteiger partial charge in [-0.2, -0.15) is 0 Å². The summed E-state index contributed by atoms with van der Waals surface area (Å²) in [5.74, 6) is 2.25. The summed E-state index contributed by atoms with van der Waals surface area (Å²) in [5, 5.41) is 0.369. The molecule has 0 heterocycles. The molecule has 166 valence electrons. The Labute approximate surface area is 187 Å². The van der Waals surface area contributed by atoms with Crippen LogP contribution in [-0.4, -0.2) is 16.6 Å². The monoisotopic (exact) mass is 442 g/mol. The van der Waals surface area contributed by atoms with Gasteiger partial charge in [0.2, 0.25) is 16.6 Å². The highest BCUT2D eigenvalue weighted by Gasteiger charge is 2.40. The lowest BCUT2D eigenvalue weighted by atomic mass is 9.93. The summed E-state index contributed by atoms with van der Waals surface area (Å²) < 4.78 is 13.1. The highest BCUT2D eigenvalue weighted by atomic mass is 28.4. The molecular formula is C26H42O2Si2. The van der Waals surface area contributed by atoms with Gasteiger partial charge in [-0.15, -0.1) is 0 Å². The van der Waals surface area contributed by atoms with Crippen molar-refractivity contribution in [2.75, 3.05) is 0 Å². The molecule has 2 aromatic rings. The topological polar surface area (TPSA) is 18.5 Å². The van der Waals surface area contributed by atoms with Crippen molar-refractivity contribution in [3.05, 3.63) is 59.7 Å². The van der Waals surface area contributed by atoms with Gasteiger partial charge in [-0.1, -0.05) is 72.7 Å². The van der Waals surface area contributed by atoms with E-state index in [1.54, 1.807) is 0 Å². The zero-order valence-corrected chi connectivity index (χ0v) is 23.0. The van der Waals surface area contributed by atoms with Gasteiger partial charge in [0.15, 0.2) is 0 Å². The molecule has 0 N–H and O–H groups in total. The average molecular weight is 443 g/mol. The Kier molecular flexibility index (Phi) is 7.05. The Balaban J connectivity index is 2.27. The first-order valence-corrected chi connectivity index (χ1v) is 16.9. The van der Waals surface area contributed by atoms with Gasteiger partial charge < -0.3 is 8.85 Å². The molecule has 2 nitrogen and oxygen atoms in total.